The molecule has 0 bridgehead atoms. The van der Waals surface area contributed by atoms with E-state index in [1.807, 2.05) is 31.2 Å². The summed E-state index contributed by atoms with van der Waals surface area (Å²) < 4.78 is 27.6. The van der Waals surface area contributed by atoms with E-state index in [-0.39, 0.29) is 4.90 Å². The minimum atomic E-state index is -3.71. The second-order valence-electron chi connectivity index (χ2n) is 4.08. The Balaban J connectivity index is 2.29. The summed E-state index contributed by atoms with van der Waals surface area (Å²) in [7, 11) is -3.71. The van der Waals surface area contributed by atoms with Crippen molar-refractivity contribution in [1.29, 1.82) is 0 Å². The first-order chi connectivity index (χ1) is 8.97. The highest BCUT2D eigenvalue weighted by Crippen LogP contribution is 2.17. The summed E-state index contributed by atoms with van der Waals surface area (Å²) in [4.78, 5) is 0.0864. The van der Waals surface area contributed by atoms with E-state index in [1.165, 1.54) is 18.3 Å². The molecule has 0 aliphatic rings. The molecule has 0 aromatic heterocycles. The molecular formula is C14H12ClNO2S. The molecule has 2 aromatic carbocycles. The number of hydrogen-bond acceptors (Lipinski definition) is 2. The summed E-state index contributed by atoms with van der Waals surface area (Å²) in [6.07, 6.45) is 1.33. The van der Waals surface area contributed by atoms with Crippen molar-refractivity contribution in [1.82, 2.24) is 0 Å². The molecule has 0 aliphatic carbocycles. The van der Waals surface area contributed by atoms with E-state index in [9.17, 15) is 8.42 Å². The Kier molecular flexibility index (Phi) is 4.02. The first kappa shape index (κ1) is 13.8. The number of rotatable bonds is 3. The summed E-state index contributed by atoms with van der Waals surface area (Å²) >= 11 is 5.77. The Labute approximate surface area is 117 Å². The standard InChI is InChI=1S/C14H12ClNO2S/c1-11-5-7-12(8-6-11)10-16-19(17,18)14-4-2-3-13(15)9-14/h2-10H,1H3/b16-10+. The van der Waals surface area contributed by atoms with Crippen LogP contribution in [0.3, 0.4) is 0 Å². The van der Waals surface area contributed by atoms with E-state index in [0.29, 0.717) is 5.02 Å². The second kappa shape index (κ2) is 5.55. The van der Waals surface area contributed by atoms with Crippen LogP contribution in [0.5, 0.6) is 0 Å². The molecule has 0 saturated heterocycles. The molecule has 98 valence electrons. The lowest BCUT2D eigenvalue weighted by Crippen LogP contribution is -1.97. The van der Waals surface area contributed by atoms with Crippen molar-refractivity contribution >= 4 is 27.8 Å². The van der Waals surface area contributed by atoms with Gasteiger partial charge in [-0.1, -0.05) is 47.5 Å². The largest absolute Gasteiger partial charge is 0.282 e. The maximum absolute atomic E-state index is 12.0. The van der Waals surface area contributed by atoms with Gasteiger partial charge in [0.05, 0.1) is 4.90 Å². The number of sulfonamides is 1. The molecule has 2 aromatic rings. The third-order valence-electron chi connectivity index (χ3n) is 2.51. The van der Waals surface area contributed by atoms with Crippen LogP contribution in [0.2, 0.25) is 5.02 Å². The molecule has 0 unspecified atom stereocenters. The van der Waals surface area contributed by atoms with Gasteiger partial charge in [0, 0.05) is 11.2 Å². The average Bonchev–Trinajstić information content (AvgIpc) is 2.38. The lowest BCUT2D eigenvalue weighted by molar-refractivity contribution is 0.598. The SMILES string of the molecule is Cc1ccc(/C=N/S(=O)(=O)c2cccc(Cl)c2)cc1. The van der Waals surface area contributed by atoms with Gasteiger partial charge in [-0.15, -0.1) is 0 Å². The molecule has 0 amide bonds. The molecule has 0 saturated carbocycles. The zero-order valence-corrected chi connectivity index (χ0v) is 11.8. The Morgan fingerprint density at radius 3 is 2.42 bits per heavy atom. The molecule has 0 heterocycles. The normalized spacial score (nSPS) is 11.9. The monoisotopic (exact) mass is 293 g/mol. The molecule has 19 heavy (non-hydrogen) atoms. The molecule has 3 nitrogen and oxygen atoms in total. The third-order valence-corrected chi connectivity index (χ3v) is 3.98. The van der Waals surface area contributed by atoms with Gasteiger partial charge in [0.1, 0.15) is 0 Å². The van der Waals surface area contributed by atoms with E-state index < -0.39 is 10.0 Å². The first-order valence-corrected chi connectivity index (χ1v) is 7.42. The van der Waals surface area contributed by atoms with Crippen molar-refractivity contribution in [2.75, 3.05) is 0 Å². The number of benzene rings is 2. The van der Waals surface area contributed by atoms with Gasteiger partial charge in [-0.3, -0.25) is 0 Å². The fourth-order valence-corrected chi connectivity index (χ4v) is 2.63. The third kappa shape index (κ3) is 3.66. The minimum Gasteiger partial charge on any atom is -0.199 e. The Morgan fingerprint density at radius 1 is 1.11 bits per heavy atom. The highest BCUT2D eigenvalue weighted by molar-refractivity contribution is 7.90. The molecule has 0 radical (unpaired) electrons. The van der Waals surface area contributed by atoms with Crippen molar-refractivity contribution < 1.29 is 8.42 Å². The molecular weight excluding hydrogens is 282 g/mol. The number of nitrogens with zero attached hydrogens (tertiary/aromatic N) is 1. The predicted molar refractivity (Wildman–Crippen MR) is 77.4 cm³/mol. The van der Waals surface area contributed by atoms with Crippen LogP contribution in [0, 0.1) is 6.92 Å². The quantitative estimate of drug-likeness (QED) is 0.814. The van der Waals surface area contributed by atoms with Gasteiger partial charge < -0.3 is 0 Å². The summed E-state index contributed by atoms with van der Waals surface area (Å²) in [5, 5.41) is 0.367. The molecule has 2 rings (SSSR count). The fraction of sp³-hybridized carbons (Fsp3) is 0.0714. The van der Waals surface area contributed by atoms with Crippen LogP contribution in [0.4, 0.5) is 0 Å². The minimum absolute atomic E-state index is 0.0864. The van der Waals surface area contributed by atoms with Crippen LogP contribution in [-0.2, 0) is 10.0 Å². The van der Waals surface area contributed by atoms with Crippen LogP contribution in [-0.4, -0.2) is 14.6 Å². The topological polar surface area (TPSA) is 46.5 Å². The average molecular weight is 294 g/mol. The van der Waals surface area contributed by atoms with Crippen LogP contribution in [0.15, 0.2) is 57.8 Å². The summed E-state index contributed by atoms with van der Waals surface area (Å²) in [6.45, 7) is 1.96. The van der Waals surface area contributed by atoms with Crippen molar-refractivity contribution in [2.24, 2.45) is 4.40 Å². The van der Waals surface area contributed by atoms with Gasteiger partial charge in [0.25, 0.3) is 10.0 Å². The van der Waals surface area contributed by atoms with E-state index >= 15 is 0 Å². The van der Waals surface area contributed by atoms with Crippen LogP contribution in [0.25, 0.3) is 0 Å². The van der Waals surface area contributed by atoms with Crippen LogP contribution >= 0.6 is 11.6 Å². The molecule has 0 fully saturated rings. The van der Waals surface area contributed by atoms with Gasteiger partial charge in [-0.2, -0.15) is 12.8 Å². The summed E-state index contributed by atoms with van der Waals surface area (Å²) in [6, 6.07) is 13.5. The fourth-order valence-electron chi connectivity index (χ4n) is 1.47. The summed E-state index contributed by atoms with van der Waals surface area (Å²) in [5.74, 6) is 0. The zero-order chi connectivity index (χ0) is 13.9. The molecule has 0 spiro atoms. The first-order valence-electron chi connectivity index (χ1n) is 5.60. The highest BCUT2D eigenvalue weighted by Gasteiger charge is 2.11. The van der Waals surface area contributed by atoms with Crippen molar-refractivity contribution in [3.63, 3.8) is 0 Å². The van der Waals surface area contributed by atoms with E-state index in [2.05, 4.69) is 4.40 Å². The van der Waals surface area contributed by atoms with Gasteiger partial charge in [0.15, 0.2) is 0 Å². The lowest BCUT2D eigenvalue weighted by atomic mass is 10.2. The number of hydrogen-bond donors (Lipinski definition) is 0. The van der Waals surface area contributed by atoms with Crippen molar-refractivity contribution in [2.45, 2.75) is 11.8 Å². The number of halogens is 1. The van der Waals surface area contributed by atoms with Crippen LogP contribution < -0.4 is 0 Å². The van der Waals surface area contributed by atoms with Gasteiger partial charge in [0.2, 0.25) is 0 Å². The van der Waals surface area contributed by atoms with Gasteiger partial charge >= 0.3 is 0 Å². The maximum Gasteiger partial charge on any atom is 0.282 e. The number of aryl methyl sites for hydroxylation is 1. The second-order valence-corrected chi connectivity index (χ2v) is 6.15. The van der Waals surface area contributed by atoms with Gasteiger partial charge in [-0.25, -0.2) is 0 Å². The molecule has 5 heteroatoms. The lowest BCUT2D eigenvalue weighted by Gasteiger charge is -1.99. The summed E-state index contributed by atoms with van der Waals surface area (Å²) in [5.41, 5.74) is 1.84. The highest BCUT2D eigenvalue weighted by atomic mass is 35.5. The van der Waals surface area contributed by atoms with Crippen LogP contribution in [0.1, 0.15) is 11.1 Å². The Hall–Kier alpha value is -1.65. The maximum atomic E-state index is 12.0. The van der Waals surface area contributed by atoms with E-state index in [1.54, 1.807) is 12.1 Å². The van der Waals surface area contributed by atoms with E-state index in [4.69, 9.17) is 11.6 Å². The van der Waals surface area contributed by atoms with E-state index in [0.717, 1.165) is 11.1 Å². The van der Waals surface area contributed by atoms with Crippen molar-refractivity contribution in [3.8, 4) is 0 Å². The predicted octanol–water partition coefficient (Wildman–Crippen LogP) is 3.46. The Morgan fingerprint density at radius 2 is 1.79 bits per heavy atom. The molecule has 0 N–H and O–H groups in total. The smallest absolute Gasteiger partial charge is 0.199 e. The molecule has 0 atom stereocenters. The Bertz CT molecular complexity index is 706. The zero-order valence-electron chi connectivity index (χ0n) is 10.2. The molecule has 0 aliphatic heterocycles. The van der Waals surface area contributed by atoms with Gasteiger partial charge in [-0.05, 0) is 30.7 Å². The van der Waals surface area contributed by atoms with Crippen molar-refractivity contribution in [3.05, 3.63) is 64.7 Å².